The maximum Gasteiger partial charge on any atom is 0.167 e. The Morgan fingerprint density at radius 1 is 0.528 bits per heavy atom. The van der Waals surface area contributed by atoms with Gasteiger partial charge in [-0.25, -0.2) is 15.0 Å². The summed E-state index contributed by atoms with van der Waals surface area (Å²) in [5.74, 6) is 1.69. The van der Waals surface area contributed by atoms with E-state index in [0.717, 1.165) is 49.4 Å². The van der Waals surface area contributed by atoms with Crippen LogP contribution >= 0.6 is 11.6 Å². The molecule has 0 N–H and O–H groups in total. The van der Waals surface area contributed by atoms with Gasteiger partial charge in [-0.3, -0.25) is 0 Å². The highest BCUT2D eigenvalue weighted by molar-refractivity contribution is 6.35. The number of halogens is 1. The third kappa shape index (κ3) is 3.43. The SMILES string of the molecule is Clc1cc(-c2nc(-c3ccccc3)nc(-c3cccc4c3oc3ccccc34)n2)cc2ccccc12. The summed E-state index contributed by atoms with van der Waals surface area (Å²) in [7, 11) is 0. The number of hydrogen-bond donors (Lipinski definition) is 0. The number of benzene rings is 5. The molecule has 0 atom stereocenters. The minimum Gasteiger partial charge on any atom is -0.455 e. The smallest absolute Gasteiger partial charge is 0.167 e. The van der Waals surface area contributed by atoms with E-state index in [4.69, 9.17) is 31.0 Å². The molecule has 7 aromatic rings. The van der Waals surface area contributed by atoms with Crippen LogP contribution in [0.4, 0.5) is 0 Å². The Balaban J connectivity index is 1.50. The Kier molecular flexibility index (Phi) is 4.79. The molecular weight excluding hydrogens is 466 g/mol. The number of nitrogens with zero attached hydrogens (tertiary/aromatic N) is 3. The average Bonchev–Trinajstić information content (AvgIpc) is 3.32. The van der Waals surface area contributed by atoms with Crippen molar-refractivity contribution in [2.24, 2.45) is 0 Å². The van der Waals surface area contributed by atoms with Crippen LogP contribution < -0.4 is 0 Å². The molecule has 0 unspecified atom stereocenters. The molecule has 0 spiro atoms. The third-order valence-corrected chi connectivity index (χ3v) is 6.69. The lowest BCUT2D eigenvalue weighted by molar-refractivity contribution is 0.669. The van der Waals surface area contributed by atoms with Crippen molar-refractivity contribution in [3.05, 3.63) is 114 Å². The zero-order valence-corrected chi connectivity index (χ0v) is 19.8. The molecule has 0 aliphatic heterocycles. The van der Waals surface area contributed by atoms with Gasteiger partial charge in [-0.05, 0) is 29.7 Å². The number of para-hydroxylation sites is 2. The molecule has 0 saturated heterocycles. The third-order valence-electron chi connectivity index (χ3n) is 6.38. The highest BCUT2D eigenvalue weighted by Crippen LogP contribution is 2.36. The highest BCUT2D eigenvalue weighted by Gasteiger charge is 2.18. The second kappa shape index (κ2) is 8.29. The lowest BCUT2D eigenvalue weighted by atomic mass is 10.1. The molecule has 4 nitrogen and oxygen atoms in total. The molecule has 0 amide bonds. The molecule has 5 aromatic carbocycles. The van der Waals surface area contributed by atoms with Crippen molar-refractivity contribution in [2.75, 3.05) is 0 Å². The fraction of sp³-hybridized carbons (Fsp3) is 0. The van der Waals surface area contributed by atoms with Crippen molar-refractivity contribution in [1.82, 2.24) is 15.0 Å². The molecule has 7 rings (SSSR count). The summed E-state index contributed by atoms with van der Waals surface area (Å²) in [6.07, 6.45) is 0. The van der Waals surface area contributed by atoms with Gasteiger partial charge in [-0.2, -0.15) is 0 Å². The topological polar surface area (TPSA) is 51.8 Å². The number of fused-ring (bicyclic) bond motifs is 4. The standard InChI is InChI=1S/C31H18ClN3O/c32-26-18-21(17-20-11-4-5-12-22(20)26)30-33-29(19-9-2-1-3-10-19)34-31(35-30)25-15-8-14-24-23-13-6-7-16-27(23)36-28(24)25/h1-18H. The summed E-state index contributed by atoms with van der Waals surface area (Å²) in [4.78, 5) is 14.7. The fourth-order valence-electron chi connectivity index (χ4n) is 4.66. The lowest BCUT2D eigenvalue weighted by Crippen LogP contribution is -2.00. The van der Waals surface area contributed by atoms with Crippen molar-refractivity contribution in [2.45, 2.75) is 0 Å². The van der Waals surface area contributed by atoms with Gasteiger partial charge in [-0.15, -0.1) is 0 Å². The van der Waals surface area contributed by atoms with Gasteiger partial charge in [-0.1, -0.05) is 96.5 Å². The zero-order valence-electron chi connectivity index (χ0n) is 19.0. The van der Waals surface area contributed by atoms with Crippen LogP contribution in [0.15, 0.2) is 114 Å². The average molecular weight is 484 g/mol. The Morgan fingerprint density at radius 2 is 1.19 bits per heavy atom. The molecule has 0 fully saturated rings. The first kappa shape index (κ1) is 20.8. The number of aromatic nitrogens is 3. The molecular formula is C31H18ClN3O. The molecule has 0 bridgehead atoms. The van der Waals surface area contributed by atoms with Crippen LogP contribution in [0.2, 0.25) is 5.02 Å². The predicted molar refractivity (Wildman–Crippen MR) is 146 cm³/mol. The van der Waals surface area contributed by atoms with Gasteiger partial charge in [0.05, 0.1) is 5.56 Å². The fourth-order valence-corrected chi connectivity index (χ4v) is 4.95. The number of furan rings is 1. The molecule has 0 aliphatic rings. The summed E-state index contributed by atoms with van der Waals surface area (Å²) in [5, 5.41) is 4.77. The van der Waals surface area contributed by atoms with E-state index in [1.165, 1.54) is 0 Å². The van der Waals surface area contributed by atoms with Crippen molar-refractivity contribution in [3.63, 3.8) is 0 Å². The summed E-state index contributed by atoms with van der Waals surface area (Å²) >= 11 is 6.66. The summed E-state index contributed by atoms with van der Waals surface area (Å²) in [6, 6.07) is 36.0. The first-order valence-electron chi connectivity index (χ1n) is 11.7. The van der Waals surface area contributed by atoms with Crippen LogP contribution in [-0.4, -0.2) is 15.0 Å². The first-order valence-corrected chi connectivity index (χ1v) is 12.0. The van der Waals surface area contributed by atoms with Crippen molar-refractivity contribution in [1.29, 1.82) is 0 Å². The molecule has 0 radical (unpaired) electrons. The first-order chi connectivity index (χ1) is 17.7. The van der Waals surface area contributed by atoms with Crippen molar-refractivity contribution < 1.29 is 4.42 Å². The van der Waals surface area contributed by atoms with Crippen LogP contribution in [0.25, 0.3) is 66.9 Å². The number of hydrogen-bond acceptors (Lipinski definition) is 4. The number of rotatable bonds is 3. The van der Waals surface area contributed by atoms with E-state index in [-0.39, 0.29) is 0 Å². The zero-order chi connectivity index (χ0) is 24.1. The van der Waals surface area contributed by atoms with Gasteiger partial charge < -0.3 is 4.42 Å². The summed E-state index contributed by atoms with van der Waals surface area (Å²) in [5.41, 5.74) is 4.14. The molecule has 5 heteroatoms. The molecule has 0 saturated carbocycles. The minimum absolute atomic E-state index is 0.549. The van der Waals surface area contributed by atoms with Crippen LogP contribution in [0, 0.1) is 0 Å². The molecule has 2 heterocycles. The molecule has 2 aromatic heterocycles. The highest BCUT2D eigenvalue weighted by atomic mass is 35.5. The van der Waals surface area contributed by atoms with Crippen LogP contribution in [-0.2, 0) is 0 Å². The summed E-state index contributed by atoms with van der Waals surface area (Å²) in [6.45, 7) is 0. The largest absolute Gasteiger partial charge is 0.455 e. The maximum absolute atomic E-state index is 6.66. The normalized spacial score (nSPS) is 11.5. The van der Waals surface area contributed by atoms with Gasteiger partial charge in [0.2, 0.25) is 0 Å². The van der Waals surface area contributed by atoms with Gasteiger partial charge in [0.25, 0.3) is 0 Å². The van der Waals surface area contributed by atoms with Crippen LogP contribution in [0.3, 0.4) is 0 Å². The monoisotopic (exact) mass is 483 g/mol. The Labute approximate surface area is 211 Å². The molecule has 170 valence electrons. The second-order valence-electron chi connectivity index (χ2n) is 8.63. The second-order valence-corrected chi connectivity index (χ2v) is 9.04. The van der Waals surface area contributed by atoms with Crippen LogP contribution in [0.5, 0.6) is 0 Å². The van der Waals surface area contributed by atoms with E-state index in [9.17, 15) is 0 Å². The minimum atomic E-state index is 0.549. The Hall–Kier alpha value is -4.54. The Morgan fingerprint density at radius 3 is 2.06 bits per heavy atom. The van der Waals surface area contributed by atoms with Gasteiger partial charge in [0, 0.05) is 32.3 Å². The quantitative estimate of drug-likeness (QED) is 0.252. The molecule has 0 aliphatic carbocycles. The van der Waals surface area contributed by atoms with Crippen LogP contribution in [0.1, 0.15) is 0 Å². The van der Waals surface area contributed by atoms with Crippen molar-refractivity contribution in [3.8, 4) is 34.2 Å². The Bertz CT molecular complexity index is 1910. The van der Waals surface area contributed by atoms with E-state index in [1.54, 1.807) is 0 Å². The van der Waals surface area contributed by atoms with E-state index < -0.39 is 0 Å². The summed E-state index contributed by atoms with van der Waals surface area (Å²) < 4.78 is 6.28. The van der Waals surface area contributed by atoms with Gasteiger partial charge >= 0.3 is 0 Å². The van der Waals surface area contributed by atoms with Gasteiger partial charge in [0.15, 0.2) is 17.5 Å². The van der Waals surface area contributed by atoms with E-state index in [2.05, 4.69) is 18.2 Å². The van der Waals surface area contributed by atoms with E-state index >= 15 is 0 Å². The van der Waals surface area contributed by atoms with Gasteiger partial charge in [0.1, 0.15) is 11.2 Å². The van der Waals surface area contributed by atoms with E-state index in [1.807, 2.05) is 91.0 Å². The van der Waals surface area contributed by atoms with Crippen molar-refractivity contribution >= 4 is 44.3 Å². The maximum atomic E-state index is 6.66. The molecule has 36 heavy (non-hydrogen) atoms. The van der Waals surface area contributed by atoms with E-state index in [0.29, 0.717) is 22.5 Å². The lowest BCUT2D eigenvalue weighted by Gasteiger charge is -2.10. The predicted octanol–water partition coefficient (Wildman–Crippen LogP) is 8.58.